The van der Waals surface area contributed by atoms with E-state index in [0.29, 0.717) is 35.3 Å². The second-order valence-electron chi connectivity index (χ2n) is 9.43. The second-order valence-corrected chi connectivity index (χ2v) is 9.43. The molecule has 1 saturated carbocycles. The molecule has 1 amide bonds. The highest BCUT2D eigenvalue weighted by Gasteiger charge is 2.44. The summed E-state index contributed by atoms with van der Waals surface area (Å²) in [6.07, 6.45) is 5.24. The zero-order chi connectivity index (χ0) is 24.8. The number of fused-ring (bicyclic) bond motifs is 2. The van der Waals surface area contributed by atoms with Crippen molar-refractivity contribution in [1.82, 2.24) is 29.5 Å². The van der Waals surface area contributed by atoms with Crippen molar-refractivity contribution in [2.24, 2.45) is 7.05 Å². The Bertz CT molecular complexity index is 1440. The number of piperazine rings is 1. The fourth-order valence-corrected chi connectivity index (χ4v) is 5.31. The minimum Gasteiger partial charge on any atom is -0.493 e. The van der Waals surface area contributed by atoms with Crippen molar-refractivity contribution in [3.63, 3.8) is 0 Å². The van der Waals surface area contributed by atoms with E-state index in [2.05, 4.69) is 21.9 Å². The fourth-order valence-electron chi connectivity index (χ4n) is 5.31. The number of hydrogen-bond acceptors (Lipinski definition) is 7. The number of likely N-dealkylation sites (N-methyl/N-ethyl adjacent to an activating group) is 1. The Morgan fingerprint density at radius 1 is 0.972 bits per heavy atom. The van der Waals surface area contributed by atoms with E-state index in [4.69, 9.17) is 14.6 Å². The van der Waals surface area contributed by atoms with Crippen molar-refractivity contribution < 1.29 is 14.3 Å². The van der Waals surface area contributed by atoms with Crippen LogP contribution in [0.25, 0.3) is 33.4 Å². The van der Waals surface area contributed by atoms with E-state index in [1.807, 2.05) is 48.5 Å². The summed E-state index contributed by atoms with van der Waals surface area (Å²) in [5.41, 5.74) is 4.09. The van der Waals surface area contributed by atoms with E-state index in [1.165, 1.54) is 6.33 Å². The molecule has 2 aliphatic rings. The van der Waals surface area contributed by atoms with Gasteiger partial charge in [0, 0.05) is 55.0 Å². The average molecular weight is 485 g/mol. The highest BCUT2D eigenvalue weighted by atomic mass is 16.6. The maximum atomic E-state index is 13.3. The van der Waals surface area contributed by atoms with E-state index in [1.54, 1.807) is 23.9 Å². The van der Waals surface area contributed by atoms with E-state index >= 15 is 0 Å². The minimum atomic E-state index is -0.347. The number of carbonyl (C=O) groups excluding carboxylic acids is 1. The van der Waals surface area contributed by atoms with Gasteiger partial charge in [0.25, 0.3) is 0 Å². The summed E-state index contributed by atoms with van der Waals surface area (Å²) in [5.74, 6) is 0.806. The smallest absolute Gasteiger partial charge is 0.415 e. The predicted octanol–water partition coefficient (Wildman–Crippen LogP) is 3.98. The van der Waals surface area contributed by atoms with Crippen LogP contribution in [0.2, 0.25) is 0 Å². The zero-order valence-electron chi connectivity index (χ0n) is 20.6. The third kappa shape index (κ3) is 3.76. The third-order valence-corrected chi connectivity index (χ3v) is 7.35. The van der Waals surface area contributed by atoms with E-state index < -0.39 is 0 Å². The quantitative estimate of drug-likeness (QED) is 0.433. The SMILES string of the molecule is COc1cc2ncnc(-c3cn(C)nc3-c3ccccc3)c2cc1OC(=O)N1CCN(C)[C@H]2CC[C@H]21. The Morgan fingerprint density at radius 3 is 2.53 bits per heavy atom. The number of methoxy groups -OCH3 is 1. The van der Waals surface area contributed by atoms with Gasteiger partial charge in [-0.1, -0.05) is 30.3 Å². The van der Waals surface area contributed by atoms with Crippen molar-refractivity contribution in [1.29, 1.82) is 0 Å². The fraction of sp³-hybridized carbons (Fsp3) is 0.333. The first-order chi connectivity index (χ1) is 17.5. The lowest BCUT2D eigenvalue weighted by atomic mass is 9.82. The van der Waals surface area contributed by atoms with Crippen molar-refractivity contribution in [2.75, 3.05) is 27.2 Å². The summed E-state index contributed by atoms with van der Waals surface area (Å²) in [5, 5.41) is 5.45. The Kier molecular flexibility index (Phi) is 5.56. The first-order valence-electron chi connectivity index (χ1n) is 12.1. The Morgan fingerprint density at radius 2 is 1.78 bits per heavy atom. The van der Waals surface area contributed by atoms with E-state index in [0.717, 1.165) is 41.6 Å². The normalized spacial score (nSPS) is 19.6. The van der Waals surface area contributed by atoms with Crippen LogP contribution in [0.1, 0.15) is 12.8 Å². The number of carbonyl (C=O) groups is 1. The van der Waals surface area contributed by atoms with Gasteiger partial charge in [-0.3, -0.25) is 9.58 Å². The maximum Gasteiger partial charge on any atom is 0.415 e. The van der Waals surface area contributed by atoms with Crippen LogP contribution in [0.4, 0.5) is 4.79 Å². The van der Waals surface area contributed by atoms with Crippen LogP contribution in [0.15, 0.2) is 55.0 Å². The number of aromatic nitrogens is 4. The molecule has 1 aliphatic carbocycles. The highest BCUT2D eigenvalue weighted by Crippen LogP contribution is 2.39. The molecule has 0 bridgehead atoms. The zero-order valence-corrected chi connectivity index (χ0v) is 20.6. The molecule has 6 rings (SSSR count). The number of nitrogens with zero attached hydrogens (tertiary/aromatic N) is 6. The maximum absolute atomic E-state index is 13.3. The Hall–Kier alpha value is -3.98. The molecule has 2 atom stereocenters. The molecule has 9 heteroatoms. The van der Waals surface area contributed by atoms with Crippen LogP contribution in [0, 0.1) is 0 Å². The standard InChI is InChI=1S/C27H28N6O3/c1-31-11-12-33(22-10-9-21(22)31)27(34)36-24-13-18-20(14-23(24)35-3)28-16-29-26(18)19-15-32(2)30-25(19)17-7-5-4-6-8-17/h4-8,13-16,21-22H,9-12H2,1-3H3/t21-,22+/m0/s1. The van der Waals surface area contributed by atoms with Crippen molar-refractivity contribution in [2.45, 2.75) is 24.9 Å². The molecule has 4 aromatic rings. The lowest BCUT2D eigenvalue weighted by molar-refractivity contribution is -0.0132. The lowest BCUT2D eigenvalue weighted by Gasteiger charge is -2.52. The van der Waals surface area contributed by atoms with Crippen LogP contribution in [0.3, 0.4) is 0 Å². The summed E-state index contributed by atoms with van der Waals surface area (Å²) in [6, 6.07) is 14.2. The number of amides is 1. The molecular weight excluding hydrogens is 456 g/mol. The molecule has 1 saturated heterocycles. The first kappa shape index (κ1) is 22.5. The average Bonchev–Trinajstić information content (AvgIpc) is 3.26. The largest absolute Gasteiger partial charge is 0.493 e. The summed E-state index contributed by atoms with van der Waals surface area (Å²) in [7, 11) is 5.57. The summed E-state index contributed by atoms with van der Waals surface area (Å²) in [6.45, 7) is 1.49. The van der Waals surface area contributed by atoms with Gasteiger partial charge in [-0.05, 0) is 26.0 Å². The van der Waals surface area contributed by atoms with Crippen molar-refractivity contribution in [3.8, 4) is 34.0 Å². The van der Waals surface area contributed by atoms with Gasteiger partial charge in [0.1, 0.15) is 12.0 Å². The molecule has 2 aromatic carbocycles. The van der Waals surface area contributed by atoms with Crippen LogP contribution in [-0.2, 0) is 7.05 Å². The Labute approximate surface area is 209 Å². The van der Waals surface area contributed by atoms with Gasteiger partial charge in [-0.25, -0.2) is 14.8 Å². The summed E-state index contributed by atoms with van der Waals surface area (Å²) < 4.78 is 13.3. The first-order valence-corrected chi connectivity index (χ1v) is 12.1. The van der Waals surface area contributed by atoms with Crippen LogP contribution < -0.4 is 9.47 Å². The third-order valence-electron chi connectivity index (χ3n) is 7.35. The number of aryl methyl sites for hydroxylation is 1. The number of benzene rings is 2. The van der Waals surface area contributed by atoms with Crippen LogP contribution in [0.5, 0.6) is 11.5 Å². The number of ether oxygens (including phenoxy) is 2. The lowest BCUT2D eigenvalue weighted by Crippen LogP contribution is -2.65. The van der Waals surface area contributed by atoms with Gasteiger partial charge in [-0.2, -0.15) is 5.10 Å². The second kappa shape index (κ2) is 8.91. The van der Waals surface area contributed by atoms with E-state index in [9.17, 15) is 4.79 Å². The van der Waals surface area contributed by atoms with E-state index in [-0.39, 0.29) is 12.1 Å². The summed E-state index contributed by atoms with van der Waals surface area (Å²) >= 11 is 0. The highest BCUT2D eigenvalue weighted by molar-refractivity contribution is 5.97. The molecule has 36 heavy (non-hydrogen) atoms. The van der Waals surface area contributed by atoms with Gasteiger partial charge in [-0.15, -0.1) is 0 Å². The molecule has 184 valence electrons. The number of hydrogen-bond donors (Lipinski definition) is 0. The Balaban J connectivity index is 1.40. The minimum absolute atomic E-state index is 0.199. The van der Waals surface area contributed by atoms with Crippen LogP contribution >= 0.6 is 0 Å². The molecule has 0 N–H and O–H groups in total. The van der Waals surface area contributed by atoms with Crippen molar-refractivity contribution in [3.05, 3.63) is 55.0 Å². The molecule has 2 aromatic heterocycles. The molecule has 3 heterocycles. The monoisotopic (exact) mass is 484 g/mol. The molecular formula is C27H28N6O3. The van der Waals surface area contributed by atoms with Gasteiger partial charge in [0.15, 0.2) is 11.5 Å². The van der Waals surface area contributed by atoms with Gasteiger partial charge < -0.3 is 14.4 Å². The summed E-state index contributed by atoms with van der Waals surface area (Å²) in [4.78, 5) is 26.5. The predicted molar refractivity (Wildman–Crippen MR) is 136 cm³/mol. The van der Waals surface area contributed by atoms with Gasteiger partial charge in [0.2, 0.25) is 0 Å². The topological polar surface area (TPSA) is 85.6 Å². The van der Waals surface area contributed by atoms with Crippen molar-refractivity contribution >= 4 is 17.0 Å². The molecule has 1 aliphatic heterocycles. The molecule has 0 unspecified atom stereocenters. The molecule has 2 fully saturated rings. The van der Waals surface area contributed by atoms with Crippen LogP contribution in [-0.4, -0.2) is 75.0 Å². The van der Waals surface area contributed by atoms with Gasteiger partial charge in [0.05, 0.1) is 24.4 Å². The molecule has 0 radical (unpaired) electrons. The molecule has 9 nitrogen and oxygen atoms in total. The molecule has 0 spiro atoms. The van der Waals surface area contributed by atoms with Gasteiger partial charge >= 0.3 is 6.09 Å². The number of rotatable bonds is 4.